The second-order valence-corrected chi connectivity index (χ2v) is 6.71. The summed E-state index contributed by atoms with van der Waals surface area (Å²) in [5.74, 6) is 0. The Bertz CT molecular complexity index is 255. The van der Waals surface area contributed by atoms with Crippen LogP contribution in [-0.2, 0) is 0 Å². The van der Waals surface area contributed by atoms with Crippen molar-refractivity contribution >= 4 is 0 Å². The molecule has 0 saturated carbocycles. The van der Waals surface area contributed by atoms with Gasteiger partial charge in [-0.3, -0.25) is 0 Å². The largest absolute Gasteiger partial charge is 0.396 e. The van der Waals surface area contributed by atoms with Gasteiger partial charge in [0, 0.05) is 6.61 Å². The van der Waals surface area contributed by atoms with Crippen LogP contribution < -0.4 is 0 Å². The van der Waals surface area contributed by atoms with E-state index in [0.29, 0.717) is 0 Å². The molecule has 0 amide bonds. The van der Waals surface area contributed by atoms with E-state index in [1.165, 1.54) is 96.3 Å². The number of hydrogen-bond donors (Lipinski definition) is 1. The molecule has 0 heterocycles. The van der Waals surface area contributed by atoms with Crippen molar-refractivity contribution in [2.45, 2.75) is 110 Å². The van der Waals surface area contributed by atoms with E-state index < -0.39 is 0 Å². The first kappa shape index (κ1) is 22.4. The lowest BCUT2D eigenvalue weighted by Crippen LogP contribution is -1.82. The van der Waals surface area contributed by atoms with Gasteiger partial charge in [-0.15, -0.1) is 0 Å². The van der Waals surface area contributed by atoms with Crippen LogP contribution in [0.5, 0.6) is 0 Å². The molecule has 0 aromatic carbocycles. The van der Waals surface area contributed by atoms with Gasteiger partial charge in [0.2, 0.25) is 0 Å². The molecule has 0 saturated heterocycles. The Morgan fingerprint density at radius 1 is 0.478 bits per heavy atom. The highest BCUT2D eigenvalue weighted by atomic mass is 16.2. The number of hydrogen-bond acceptors (Lipinski definition) is 1. The molecule has 0 aromatic rings. The van der Waals surface area contributed by atoms with Gasteiger partial charge in [0.05, 0.1) is 0 Å². The van der Waals surface area contributed by atoms with Crippen LogP contribution in [0, 0.1) is 0 Å². The number of aliphatic hydroxyl groups is 1. The fourth-order valence-corrected chi connectivity index (χ4v) is 2.82. The molecule has 1 heteroatoms. The molecular weight excluding hydrogens is 280 g/mol. The molecule has 136 valence electrons. The second kappa shape index (κ2) is 21.4. The Kier molecular flexibility index (Phi) is 20.9. The van der Waals surface area contributed by atoms with Gasteiger partial charge in [-0.1, -0.05) is 89.0 Å². The van der Waals surface area contributed by atoms with Crippen molar-refractivity contribution in [1.82, 2.24) is 0 Å². The molecule has 0 aliphatic carbocycles. The zero-order valence-corrected chi connectivity index (χ0v) is 15.8. The SMILES string of the molecule is CCCCC/C=C/CCCCCCCCCCC/C=C/CCO. The predicted octanol–water partition coefficient (Wildman–Crippen LogP) is 7.35. The monoisotopic (exact) mass is 322 g/mol. The minimum absolute atomic E-state index is 0.283. The fourth-order valence-electron chi connectivity index (χ4n) is 2.82. The molecule has 0 rings (SSSR count). The van der Waals surface area contributed by atoms with Crippen molar-refractivity contribution in [3.63, 3.8) is 0 Å². The summed E-state index contributed by atoms with van der Waals surface area (Å²) in [5.41, 5.74) is 0. The van der Waals surface area contributed by atoms with E-state index in [4.69, 9.17) is 5.11 Å². The maximum atomic E-state index is 8.66. The van der Waals surface area contributed by atoms with Crippen molar-refractivity contribution in [1.29, 1.82) is 0 Å². The third-order valence-corrected chi connectivity index (χ3v) is 4.35. The van der Waals surface area contributed by atoms with Gasteiger partial charge < -0.3 is 5.11 Å². The Labute approximate surface area is 146 Å². The molecule has 0 atom stereocenters. The number of allylic oxidation sites excluding steroid dienone is 3. The summed E-state index contributed by atoms with van der Waals surface area (Å²) in [4.78, 5) is 0. The zero-order chi connectivity index (χ0) is 16.8. The van der Waals surface area contributed by atoms with Gasteiger partial charge >= 0.3 is 0 Å². The minimum atomic E-state index is 0.283. The smallest absolute Gasteiger partial charge is 0.0465 e. The van der Waals surface area contributed by atoms with E-state index in [9.17, 15) is 0 Å². The molecule has 0 aliphatic heterocycles. The van der Waals surface area contributed by atoms with E-state index in [1.54, 1.807) is 0 Å². The van der Waals surface area contributed by atoms with Gasteiger partial charge in [0.1, 0.15) is 0 Å². The molecule has 0 bridgehead atoms. The van der Waals surface area contributed by atoms with Crippen LogP contribution >= 0.6 is 0 Å². The third kappa shape index (κ3) is 21.4. The van der Waals surface area contributed by atoms with Gasteiger partial charge in [-0.2, -0.15) is 0 Å². The normalized spacial score (nSPS) is 11.9. The first-order chi connectivity index (χ1) is 11.4. The summed E-state index contributed by atoms with van der Waals surface area (Å²) in [6.45, 7) is 2.55. The summed E-state index contributed by atoms with van der Waals surface area (Å²) in [6, 6.07) is 0. The van der Waals surface area contributed by atoms with Crippen molar-refractivity contribution in [2.75, 3.05) is 6.61 Å². The molecular formula is C22H42O. The lowest BCUT2D eigenvalue weighted by atomic mass is 10.1. The highest BCUT2D eigenvalue weighted by molar-refractivity contribution is 4.81. The van der Waals surface area contributed by atoms with E-state index in [2.05, 4.69) is 31.2 Å². The van der Waals surface area contributed by atoms with Crippen LogP contribution in [0.4, 0.5) is 0 Å². The highest BCUT2D eigenvalue weighted by Crippen LogP contribution is 2.12. The highest BCUT2D eigenvalue weighted by Gasteiger charge is 1.92. The summed E-state index contributed by atoms with van der Waals surface area (Å²) >= 11 is 0. The minimum Gasteiger partial charge on any atom is -0.396 e. The predicted molar refractivity (Wildman–Crippen MR) is 105 cm³/mol. The quantitative estimate of drug-likeness (QED) is 0.206. The van der Waals surface area contributed by atoms with Crippen molar-refractivity contribution in [3.05, 3.63) is 24.3 Å². The molecule has 23 heavy (non-hydrogen) atoms. The fraction of sp³-hybridized carbons (Fsp3) is 0.818. The molecule has 0 spiro atoms. The van der Waals surface area contributed by atoms with Gasteiger partial charge in [0.15, 0.2) is 0 Å². The average molecular weight is 323 g/mol. The third-order valence-electron chi connectivity index (χ3n) is 4.35. The van der Waals surface area contributed by atoms with Crippen LogP contribution in [0.15, 0.2) is 24.3 Å². The maximum Gasteiger partial charge on any atom is 0.0465 e. The number of rotatable bonds is 18. The van der Waals surface area contributed by atoms with Crippen LogP contribution in [0.1, 0.15) is 110 Å². The molecule has 0 fully saturated rings. The van der Waals surface area contributed by atoms with E-state index >= 15 is 0 Å². The van der Waals surface area contributed by atoms with Crippen molar-refractivity contribution < 1.29 is 5.11 Å². The van der Waals surface area contributed by atoms with Crippen LogP contribution in [0.3, 0.4) is 0 Å². The molecule has 0 unspecified atom stereocenters. The van der Waals surface area contributed by atoms with Gasteiger partial charge in [0.25, 0.3) is 0 Å². The first-order valence-electron chi connectivity index (χ1n) is 10.3. The van der Waals surface area contributed by atoms with E-state index in [-0.39, 0.29) is 6.61 Å². The first-order valence-corrected chi connectivity index (χ1v) is 10.3. The van der Waals surface area contributed by atoms with Crippen molar-refractivity contribution in [2.24, 2.45) is 0 Å². The standard InChI is InChI=1S/C22H42O/c1-2-3-4-5-6-7-8-9-10-11-12-13-14-15-16-17-18-19-20-21-22-23/h6-7,19-20,23H,2-5,8-18,21-22H2,1H3/b7-6+,20-19+. The Balaban J connectivity index is 3.05. The van der Waals surface area contributed by atoms with Crippen molar-refractivity contribution in [3.8, 4) is 0 Å². The maximum absolute atomic E-state index is 8.66. The topological polar surface area (TPSA) is 20.2 Å². The van der Waals surface area contributed by atoms with E-state index in [1.807, 2.05) is 0 Å². The Morgan fingerprint density at radius 2 is 0.826 bits per heavy atom. The van der Waals surface area contributed by atoms with Crippen LogP contribution in [0.25, 0.3) is 0 Å². The van der Waals surface area contributed by atoms with Gasteiger partial charge in [-0.05, 0) is 44.9 Å². The molecule has 1 N–H and O–H groups in total. The summed E-state index contributed by atoms with van der Waals surface area (Å²) in [5, 5.41) is 8.66. The number of aliphatic hydroxyl groups excluding tert-OH is 1. The van der Waals surface area contributed by atoms with E-state index in [0.717, 1.165) is 6.42 Å². The zero-order valence-electron chi connectivity index (χ0n) is 15.8. The summed E-state index contributed by atoms with van der Waals surface area (Å²) < 4.78 is 0. The molecule has 1 nitrogen and oxygen atoms in total. The molecule has 0 radical (unpaired) electrons. The number of unbranched alkanes of at least 4 members (excludes halogenated alkanes) is 13. The van der Waals surface area contributed by atoms with Crippen LogP contribution in [-0.4, -0.2) is 11.7 Å². The van der Waals surface area contributed by atoms with Crippen LogP contribution in [0.2, 0.25) is 0 Å². The van der Waals surface area contributed by atoms with Gasteiger partial charge in [-0.25, -0.2) is 0 Å². The second-order valence-electron chi connectivity index (χ2n) is 6.71. The summed E-state index contributed by atoms with van der Waals surface area (Å²) in [7, 11) is 0. The molecule has 0 aromatic heterocycles. The Hall–Kier alpha value is -0.560. The summed E-state index contributed by atoms with van der Waals surface area (Å²) in [6.07, 6.45) is 30.3. The Morgan fingerprint density at radius 3 is 1.22 bits per heavy atom. The lowest BCUT2D eigenvalue weighted by molar-refractivity contribution is 0.302. The average Bonchev–Trinajstić information content (AvgIpc) is 2.57. The lowest BCUT2D eigenvalue weighted by Gasteiger charge is -2.01. The molecule has 0 aliphatic rings.